The van der Waals surface area contributed by atoms with Gasteiger partial charge in [-0.2, -0.15) is 0 Å². The first-order valence-corrected chi connectivity index (χ1v) is 5.94. The second-order valence-electron chi connectivity index (χ2n) is 4.16. The van der Waals surface area contributed by atoms with Crippen LogP contribution >= 0.6 is 0 Å². The van der Waals surface area contributed by atoms with E-state index in [1.165, 1.54) is 5.56 Å². The minimum Gasteiger partial charge on any atom is -0.494 e. The van der Waals surface area contributed by atoms with Gasteiger partial charge in [-0.05, 0) is 31.7 Å². The van der Waals surface area contributed by atoms with Gasteiger partial charge in [0.1, 0.15) is 5.75 Å². The molecule has 1 rings (SSSR count). The largest absolute Gasteiger partial charge is 0.494 e. The number of ether oxygens (including phenoxy) is 1. The van der Waals surface area contributed by atoms with E-state index in [0.717, 1.165) is 12.3 Å². The van der Waals surface area contributed by atoms with Crippen molar-refractivity contribution in [2.24, 2.45) is 5.73 Å². The lowest BCUT2D eigenvalue weighted by Gasteiger charge is -2.19. The molecule has 17 heavy (non-hydrogen) atoms. The van der Waals surface area contributed by atoms with Crippen LogP contribution < -0.4 is 10.5 Å². The molecule has 1 unspecified atom stereocenters. The Hall–Kier alpha value is -1.10. The number of hydrogen-bond donors (Lipinski definition) is 2. The maximum absolute atomic E-state index is 9.43. The van der Waals surface area contributed by atoms with Crippen molar-refractivity contribution >= 4 is 0 Å². The molecule has 0 saturated carbocycles. The Morgan fingerprint density at radius 3 is 2.53 bits per heavy atom. The lowest BCUT2D eigenvalue weighted by atomic mass is 10.2. The van der Waals surface area contributed by atoms with Crippen molar-refractivity contribution in [2.75, 3.05) is 26.7 Å². The van der Waals surface area contributed by atoms with Gasteiger partial charge in [0, 0.05) is 19.6 Å². The zero-order chi connectivity index (χ0) is 12.7. The molecule has 3 N–H and O–H groups in total. The monoisotopic (exact) mass is 238 g/mol. The molecular formula is C13H22N2O2. The van der Waals surface area contributed by atoms with Gasteiger partial charge in [0.25, 0.3) is 0 Å². The fourth-order valence-corrected chi connectivity index (χ4v) is 1.67. The summed E-state index contributed by atoms with van der Waals surface area (Å²) in [5, 5.41) is 9.43. The average Bonchev–Trinajstić information content (AvgIpc) is 2.31. The van der Waals surface area contributed by atoms with Crippen molar-refractivity contribution in [3.05, 3.63) is 29.8 Å². The fourth-order valence-electron chi connectivity index (χ4n) is 1.67. The molecule has 4 nitrogen and oxygen atoms in total. The van der Waals surface area contributed by atoms with Crippen LogP contribution in [0.25, 0.3) is 0 Å². The number of benzene rings is 1. The first-order valence-electron chi connectivity index (χ1n) is 5.94. The molecule has 0 spiro atoms. The van der Waals surface area contributed by atoms with E-state index >= 15 is 0 Å². The summed E-state index contributed by atoms with van der Waals surface area (Å²) in [6.45, 7) is 4.33. The summed E-state index contributed by atoms with van der Waals surface area (Å²) in [4.78, 5) is 2.05. The van der Waals surface area contributed by atoms with Crippen molar-refractivity contribution in [3.63, 3.8) is 0 Å². The normalized spacial score (nSPS) is 12.8. The maximum Gasteiger partial charge on any atom is 0.119 e. The minimum absolute atomic E-state index is 0.299. The maximum atomic E-state index is 9.43. The van der Waals surface area contributed by atoms with Gasteiger partial charge in [-0.3, -0.25) is 4.90 Å². The number of nitrogens with two attached hydrogens (primary N) is 1. The van der Waals surface area contributed by atoms with Crippen molar-refractivity contribution in [1.82, 2.24) is 4.90 Å². The Morgan fingerprint density at radius 2 is 2.00 bits per heavy atom. The summed E-state index contributed by atoms with van der Waals surface area (Å²) < 4.78 is 5.38. The van der Waals surface area contributed by atoms with Gasteiger partial charge in [0.05, 0.1) is 12.7 Å². The molecule has 1 aromatic carbocycles. The predicted octanol–water partition coefficient (Wildman–Crippen LogP) is 0.837. The van der Waals surface area contributed by atoms with Crippen LogP contribution in [0, 0.1) is 0 Å². The first kappa shape index (κ1) is 14.0. The molecule has 0 aliphatic carbocycles. The van der Waals surface area contributed by atoms with Crippen molar-refractivity contribution < 1.29 is 9.84 Å². The number of aliphatic hydroxyl groups excluding tert-OH is 1. The molecule has 0 heterocycles. The zero-order valence-electron chi connectivity index (χ0n) is 10.6. The summed E-state index contributed by atoms with van der Waals surface area (Å²) in [5.41, 5.74) is 6.57. The third-order valence-corrected chi connectivity index (χ3v) is 2.48. The van der Waals surface area contributed by atoms with E-state index < -0.39 is 6.10 Å². The van der Waals surface area contributed by atoms with Gasteiger partial charge in [-0.25, -0.2) is 0 Å². The standard InChI is InChI=1S/C13H22N2O2/c1-3-17-13-6-4-11(5-7-13)9-15(2)10-12(16)8-14/h4-7,12,16H,3,8-10,14H2,1-2H3. The molecule has 0 aliphatic heterocycles. The van der Waals surface area contributed by atoms with Gasteiger partial charge in [0.15, 0.2) is 0 Å². The molecule has 0 saturated heterocycles. The van der Waals surface area contributed by atoms with E-state index in [-0.39, 0.29) is 0 Å². The third kappa shape index (κ3) is 5.17. The molecule has 0 fully saturated rings. The first-order chi connectivity index (χ1) is 8.15. The van der Waals surface area contributed by atoms with Gasteiger partial charge < -0.3 is 15.6 Å². The van der Waals surface area contributed by atoms with Gasteiger partial charge in [-0.15, -0.1) is 0 Å². The van der Waals surface area contributed by atoms with Gasteiger partial charge in [-0.1, -0.05) is 12.1 Å². The van der Waals surface area contributed by atoms with Crippen LogP contribution in [0.2, 0.25) is 0 Å². The Balaban J connectivity index is 2.45. The van der Waals surface area contributed by atoms with Crippen LogP contribution in [0.3, 0.4) is 0 Å². The van der Waals surface area contributed by atoms with Gasteiger partial charge >= 0.3 is 0 Å². The Labute approximate surface area is 103 Å². The summed E-state index contributed by atoms with van der Waals surface area (Å²) in [6.07, 6.45) is -0.456. The molecule has 96 valence electrons. The Bertz CT molecular complexity index is 314. The number of likely N-dealkylation sites (N-methyl/N-ethyl adjacent to an activating group) is 1. The van der Waals surface area contributed by atoms with Gasteiger partial charge in [0.2, 0.25) is 0 Å². The highest BCUT2D eigenvalue weighted by Gasteiger charge is 2.06. The smallest absolute Gasteiger partial charge is 0.119 e. The highest BCUT2D eigenvalue weighted by Crippen LogP contribution is 2.13. The van der Waals surface area contributed by atoms with E-state index in [9.17, 15) is 5.11 Å². The molecular weight excluding hydrogens is 216 g/mol. The molecule has 0 aliphatic rings. The summed E-state index contributed by atoms with van der Waals surface area (Å²) >= 11 is 0. The van der Waals surface area contributed by atoms with Crippen LogP contribution in [0.1, 0.15) is 12.5 Å². The fraction of sp³-hybridized carbons (Fsp3) is 0.538. The summed E-state index contributed by atoms with van der Waals surface area (Å²) in [5.74, 6) is 0.890. The second-order valence-corrected chi connectivity index (χ2v) is 4.16. The van der Waals surface area contributed by atoms with E-state index in [1.807, 2.05) is 43.1 Å². The number of hydrogen-bond acceptors (Lipinski definition) is 4. The summed E-state index contributed by atoms with van der Waals surface area (Å²) in [6, 6.07) is 8.00. The van der Waals surface area contributed by atoms with Crippen LogP contribution in [-0.4, -0.2) is 42.9 Å². The highest BCUT2D eigenvalue weighted by molar-refractivity contribution is 5.27. The lowest BCUT2D eigenvalue weighted by Crippen LogP contribution is -2.33. The highest BCUT2D eigenvalue weighted by atomic mass is 16.5. The second kappa shape index (κ2) is 7.27. The molecule has 0 radical (unpaired) electrons. The van der Waals surface area contributed by atoms with Crippen LogP contribution in [0.4, 0.5) is 0 Å². The zero-order valence-corrected chi connectivity index (χ0v) is 10.6. The Kier molecular flexibility index (Phi) is 5.97. The van der Waals surface area contributed by atoms with E-state index in [0.29, 0.717) is 19.7 Å². The minimum atomic E-state index is -0.456. The van der Waals surface area contributed by atoms with E-state index in [1.54, 1.807) is 0 Å². The number of nitrogens with zero attached hydrogens (tertiary/aromatic N) is 1. The SMILES string of the molecule is CCOc1ccc(CN(C)CC(O)CN)cc1. The van der Waals surface area contributed by atoms with Crippen molar-refractivity contribution in [3.8, 4) is 5.75 Å². The quantitative estimate of drug-likeness (QED) is 0.739. The van der Waals surface area contributed by atoms with Crippen molar-refractivity contribution in [2.45, 2.75) is 19.6 Å². The van der Waals surface area contributed by atoms with Crippen LogP contribution in [-0.2, 0) is 6.54 Å². The molecule has 0 bridgehead atoms. The van der Waals surface area contributed by atoms with Crippen molar-refractivity contribution in [1.29, 1.82) is 0 Å². The van der Waals surface area contributed by atoms with Crippen LogP contribution in [0.5, 0.6) is 5.75 Å². The van der Waals surface area contributed by atoms with E-state index in [4.69, 9.17) is 10.5 Å². The number of aliphatic hydroxyl groups is 1. The molecule has 1 aromatic rings. The molecule has 0 aromatic heterocycles. The third-order valence-electron chi connectivity index (χ3n) is 2.48. The Morgan fingerprint density at radius 1 is 1.35 bits per heavy atom. The van der Waals surface area contributed by atoms with E-state index in [2.05, 4.69) is 0 Å². The van der Waals surface area contributed by atoms with Crippen LogP contribution in [0.15, 0.2) is 24.3 Å². The predicted molar refractivity (Wildman–Crippen MR) is 69.0 cm³/mol. The number of rotatable bonds is 7. The average molecular weight is 238 g/mol. The molecule has 0 amide bonds. The topological polar surface area (TPSA) is 58.7 Å². The molecule has 1 atom stereocenters. The lowest BCUT2D eigenvalue weighted by molar-refractivity contribution is 0.129. The molecule has 4 heteroatoms. The summed E-state index contributed by atoms with van der Waals surface area (Å²) in [7, 11) is 1.97.